The fourth-order valence-corrected chi connectivity index (χ4v) is 1.88. The molecule has 2 aromatic rings. The number of amides is 1. The molecule has 1 amide bonds. The Morgan fingerprint density at radius 3 is 2.56 bits per heavy atom. The molecule has 1 heterocycles. The topological polar surface area (TPSA) is 82.3 Å². The number of pyridine rings is 1. The van der Waals surface area contributed by atoms with E-state index in [1.54, 1.807) is 0 Å². The summed E-state index contributed by atoms with van der Waals surface area (Å²) in [4.78, 5) is 23.8. The van der Waals surface area contributed by atoms with Crippen molar-refractivity contribution in [2.75, 3.05) is 5.32 Å². The normalized spacial score (nSPS) is 12.3. The third-order valence-corrected chi connectivity index (χ3v) is 3.14. The van der Waals surface area contributed by atoms with Gasteiger partial charge in [-0.3, -0.25) is 4.79 Å². The largest absolute Gasteiger partial charge is 0.618 e. The summed E-state index contributed by atoms with van der Waals surface area (Å²) >= 11 is 0. The molecule has 0 radical (unpaired) electrons. The second kappa shape index (κ2) is 7.20. The van der Waals surface area contributed by atoms with Crippen LogP contribution in [0.5, 0.6) is 0 Å². The third-order valence-electron chi connectivity index (χ3n) is 3.14. The van der Waals surface area contributed by atoms with Crippen LogP contribution in [0.1, 0.15) is 23.0 Å². The molecular formula is C16H13F3N2O4. The number of rotatable bonds is 4. The highest BCUT2D eigenvalue weighted by Crippen LogP contribution is 2.30. The molecule has 1 aromatic heterocycles. The molecule has 6 nitrogen and oxygen atoms in total. The third kappa shape index (κ3) is 4.69. The summed E-state index contributed by atoms with van der Waals surface area (Å²) in [6.45, 7) is 1.24. The van der Waals surface area contributed by atoms with Gasteiger partial charge in [0.25, 0.3) is 5.91 Å². The van der Waals surface area contributed by atoms with Gasteiger partial charge in [-0.05, 0) is 31.2 Å². The summed E-state index contributed by atoms with van der Waals surface area (Å²) in [5.74, 6) is -1.86. The Balaban J connectivity index is 2.04. The average Bonchev–Trinajstić information content (AvgIpc) is 2.54. The zero-order valence-electron chi connectivity index (χ0n) is 12.9. The van der Waals surface area contributed by atoms with E-state index >= 15 is 0 Å². The molecule has 0 aliphatic heterocycles. The number of nitrogens with one attached hydrogen (secondary N) is 1. The summed E-state index contributed by atoms with van der Waals surface area (Å²) < 4.78 is 43.1. The van der Waals surface area contributed by atoms with Crippen molar-refractivity contribution in [1.82, 2.24) is 0 Å². The summed E-state index contributed by atoms with van der Waals surface area (Å²) in [5, 5.41) is 13.7. The van der Waals surface area contributed by atoms with Gasteiger partial charge in [-0.2, -0.15) is 17.9 Å². The molecular weight excluding hydrogens is 341 g/mol. The molecule has 1 aromatic carbocycles. The predicted molar refractivity (Wildman–Crippen MR) is 80.4 cm³/mol. The van der Waals surface area contributed by atoms with Gasteiger partial charge in [0.2, 0.25) is 0 Å². The molecule has 0 aliphatic carbocycles. The number of benzene rings is 1. The first-order chi connectivity index (χ1) is 11.7. The van der Waals surface area contributed by atoms with Crippen LogP contribution in [-0.4, -0.2) is 18.0 Å². The van der Waals surface area contributed by atoms with Crippen molar-refractivity contribution < 1.29 is 32.2 Å². The summed E-state index contributed by atoms with van der Waals surface area (Å²) in [5.41, 5.74) is -1.34. The van der Waals surface area contributed by atoms with E-state index in [-0.39, 0.29) is 16.1 Å². The fraction of sp³-hybridized carbons (Fsp3) is 0.188. The molecule has 0 saturated heterocycles. The van der Waals surface area contributed by atoms with Crippen LogP contribution < -0.4 is 10.0 Å². The Kier molecular flexibility index (Phi) is 5.26. The summed E-state index contributed by atoms with van der Waals surface area (Å²) in [7, 11) is 0. The summed E-state index contributed by atoms with van der Waals surface area (Å²) in [6, 6.07) is 8.10. The Bertz CT molecular complexity index is 793. The number of hydrogen-bond acceptors (Lipinski definition) is 4. The average molecular weight is 354 g/mol. The van der Waals surface area contributed by atoms with Crippen LogP contribution in [0, 0.1) is 5.21 Å². The number of nitrogens with zero attached hydrogens (tertiary/aromatic N) is 1. The highest BCUT2D eigenvalue weighted by atomic mass is 19.4. The highest BCUT2D eigenvalue weighted by molar-refractivity contribution is 5.96. The molecule has 0 fully saturated rings. The van der Waals surface area contributed by atoms with Crippen LogP contribution in [0.4, 0.5) is 18.9 Å². The Hall–Kier alpha value is -3.10. The molecule has 0 saturated carbocycles. The van der Waals surface area contributed by atoms with E-state index in [1.807, 2.05) is 0 Å². The number of esters is 1. The zero-order chi connectivity index (χ0) is 18.6. The van der Waals surface area contributed by atoms with Crippen molar-refractivity contribution in [1.29, 1.82) is 0 Å². The van der Waals surface area contributed by atoms with Gasteiger partial charge in [-0.1, -0.05) is 6.07 Å². The highest BCUT2D eigenvalue weighted by Gasteiger charge is 2.31. The van der Waals surface area contributed by atoms with Gasteiger partial charge in [-0.25, -0.2) is 4.79 Å². The lowest BCUT2D eigenvalue weighted by atomic mass is 10.2. The molecule has 1 N–H and O–H groups in total. The maximum absolute atomic E-state index is 12.6. The number of hydrogen-bond donors (Lipinski definition) is 1. The smallest absolute Gasteiger partial charge is 0.416 e. The SMILES string of the molecule is C[C@H](OC(=O)c1cccc[n+]1[O-])C(=O)Nc1cccc(C(F)(F)F)c1. The van der Waals surface area contributed by atoms with Gasteiger partial charge in [0.15, 0.2) is 12.3 Å². The minimum atomic E-state index is -4.55. The lowest BCUT2D eigenvalue weighted by Crippen LogP contribution is -2.37. The van der Waals surface area contributed by atoms with Crippen molar-refractivity contribution in [3.05, 3.63) is 65.1 Å². The second-order valence-electron chi connectivity index (χ2n) is 5.03. The van der Waals surface area contributed by atoms with E-state index in [9.17, 15) is 28.0 Å². The minimum absolute atomic E-state index is 0.0960. The molecule has 9 heteroatoms. The van der Waals surface area contributed by atoms with Crippen molar-refractivity contribution >= 4 is 17.6 Å². The van der Waals surface area contributed by atoms with E-state index in [1.165, 1.54) is 31.2 Å². The van der Waals surface area contributed by atoms with Crippen molar-refractivity contribution in [2.45, 2.75) is 19.2 Å². The number of carbonyl (C=O) groups is 2. The quantitative estimate of drug-likeness (QED) is 0.520. The lowest BCUT2D eigenvalue weighted by molar-refractivity contribution is -0.608. The van der Waals surface area contributed by atoms with Gasteiger partial charge in [0, 0.05) is 17.8 Å². The van der Waals surface area contributed by atoms with E-state index in [0.29, 0.717) is 0 Å². The van der Waals surface area contributed by atoms with Gasteiger partial charge >= 0.3 is 17.8 Å². The van der Waals surface area contributed by atoms with Crippen LogP contribution >= 0.6 is 0 Å². The fourth-order valence-electron chi connectivity index (χ4n) is 1.88. The van der Waals surface area contributed by atoms with Crippen molar-refractivity contribution in [3.63, 3.8) is 0 Å². The van der Waals surface area contributed by atoms with Crippen LogP contribution in [0.2, 0.25) is 0 Å². The first kappa shape index (κ1) is 18.2. The number of anilines is 1. The van der Waals surface area contributed by atoms with Crippen molar-refractivity contribution in [2.24, 2.45) is 0 Å². The van der Waals surface area contributed by atoms with Crippen LogP contribution in [0.3, 0.4) is 0 Å². The van der Waals surface area contributed by atoms with E-state index < -0.39 is 29.7 Å². The first-order valence-corrected chi connectivity index (χ1v) is 7.06. The Morgan fingerprint density at radius 1 is 1.20 bits per heavy atom. The van der Waals surface area contributed by atoms with Crippen molar-refractivity contribution in [3.8, 4) is 0 Å². The second-order valence-corrected chi connectivity index (χ2v) is 5.03. The van der Waals surface area contributed by atoms with Gasteiger partial charge in [0.05, 0.1) is 5.56 Å². The molecule has 0 spiro atoms. The number of aromatic nitrogens is 1. The lowest BCUT2D eigenvalue weighted by Gasteiger charge is -2.14. The van der Waals surface area contributed by atoms with Crippen LogP contribution in [0.15, 0.2) is 48.7 Å². The zero-order valence-corrected chi connectivity index (χ0v) is 12.9. The maximum Gasteiger partial charge on any atom is 0.416 e. The standard InChI is InChI=1S/C16H13F3N2O4/c1-10(25-15(23)13-7-2-3-8-21(13)24)14(22)20-12-6-4-5-11(9-12)16(17,18)19/h2-10H,1H3,(H,20,22)/t10-/m0/s1. The molecule has 0 unspecified atom stereocenters. The van der Waals surface area contributed by atoms with Gasteiger partial charge in [0.1, 0.15) is 0 Å². The Labute approximate surface area is 140 Å². The molecule has 1 atom stereocenters. The first-order valence-electron chi connectivity index (χ1n) is 7.06. The molecule has 0 bridgehead atoms. The predicted octanol–water partition coefficient (Wildman–Crippen LogP) is 2.52. The number of alkyl halides is 3. The van der Waals surface area contributed by atoms with Crippen LogP contribution in [-0.2, 0) is 15.7 Å². The van der Waals surface area contributed by atoms with Gasteiger partial charge in [-0.15, -0.1) is 0 Å². The van der Waals surface area contributed by atoms with E-state index in [0.717, 1.165) is 24.4 Å². The molecule has 0 aliphatic rings. The summed E-state index contributed by atoms with van der Waals surface area (Å²) in [6.07, 6.45) is -4.78. The van der Waals surface area contributed by atoms with Crippen LogP contribution in [0.25, 0.3) is 0 Å². The minimum Gasteiger partial charge on any atom is -0.618 e. The van der Waals surface area contributed by atoms with E-state index in [2.05, 4.69) is 5.32 Å². The number of halogens is 3. The molecule has 2 rings (SSSR count). The maximum atomic E-state index is 12.6. The van der Waals surface area contributed by atoms with Gasteiger partial charge < -0.3 is 15.3 Å². The number of ether oxygens (including phenoxy) is 1. The van der Waals surface area contributed by atoms with E-state index in [4.69, 9.17) is 4.74 Å². The Morgan fingerprint density at radius 2 is 1.92 bits per heavy atom. The molecule has 132 valence electrons. The number of carbonyl (C=O) groups excluding carboxylic acids is 2. The monoisotopic (exact) mass is 354 g/mol. The molecule has 25 heavy (non-hydrogen) atoms.